The molecule has 1 N–H and O–H groups in total. The Morgan fingerprint density at radius 1 is 1.42 bits per heavy atom. The highest BCUT2D eigenvalue weighted by Crippen LogP contribution is 2.51. The number of benzene rings is 1. The van der Waals surface area contributed by atoms with E-state index >= 15 is 0 Å². The number of thiol groups is 1. The fourth-order valence-corrected chi connectivity index (χ4v) is 4.31. The summed E-state index contributed by atoms with van der Waals surface area (Å²) in [6, 6.07) is 5.98. The molecule has 0 bridgehead atoms. The number of aromatic nitrogens is 3. The fraction of sp³-hybridized carbons (Fsp3) is 0.556. The van der Waals surface area contributed by atoms with Gasteiger partial charge in [-0.25, -0.2) is 9.67 Å². The summed E-state index contributed by atoms with van der Waals surface area (Å²) >= 11 is 10.4. The Balaban J connectivity index is 1.90. The lowest BCUT2D eigenvalue weighted by Gasteiger charge is -2.41. The van der Waals surface area contributed by atoms with Gasteiger partial charge in [0.1, 0.15) is 6.33 Å². The third-order valence-corrected chi connectivity index (χ3v) is 6.30. The lowest BCUT2D eigenvalue weighted by molar-refractivity contribution is -0.0923. The van der Waals surface area contributed by atoms with Crippen molar-refractivity contribution in [2.24, 2.45) is 11.3 Å². The van der Waals surface area contributed by atoms with Crippen LogP contribution in [0, 0.1) is 18.3 Å². The zero-order valence-corrected chi connectivity index (χ0v) is 16.0. The molecule has 0 spiro atoms. The molecule has 0 aliphatic heterocycles. The second-order valence-electron chi connectivity index (χ2n) is 7.54. The molecule has 0 saturated heterocycles. The Bertz CT molecular complexity index is 746. The average Bonchev–Trinajstić information content (AvgIpc) is 2.98. The monoisotopic (exact) mass is 365 g/mol. The molecule has 2 atom stereocenters. The van der Waals surface area contributed by atoms with Crippen molar-refractivity contribution in [2.75, 3.05) is 0 Å². The van der Waals surface area contributed by atoms with Crippen molar-refractivity contribution in [1.29, 1.82) is 0 Å². The zero-order valence-electron chi connectivity index (χ0n) is 14.3. The molecule has 0 radical (unpaired) electrons. The van der Waals surface area contributed by atoms with Crippen LogP contribution in [0.1, 0.15) is 37.8 Å². The van der Waals surface area contributed by atoms with Crippen LogP contribution in [0.25, 0.3) is 0 Å². The summed E-state index contributed by atoms with van der Waals surface area (Å²) in [5.41, 5.74) is 1.37. The minimum Gasteiger partial charge on any atom is -0.387 e. The smallest absolute Gasteiger partial charge is 0.183 e. The molecule has 1 fully saturated rings. The van der Waals surface area contributed by atoms with Gasteiger partial charge in [0.05, 0.1) is 12.1 Å². The zero-order chi connectivity index (χ0) is 17.5. The van der Waals surface area contributed by atoms with Crippen molar-refractivity contribution in [1.82, 2.24) is 14.8 Å². The summed E-state index contributed by atoms with van der Waals surface area (Å²) in [5.74, 6) is 0.157. The predicted octanol–water partition coefficient (Wildman–Crippen LogP) is 3.94. The number of hydrogen-bond acceptors (Lipinski definition) is 4. The van der Waals surface area contributed by atoms with Crippen LogP contribution in [0.4, 0.5) is 0 Å². The molecule has 3 rings (SSSR count). The molecule has 1 aliphatic carbocycles. The third kappa shape index (κ3) is 3.09. The van der Waals surface area contributed by atoms with E-state index < -0.39 is 5.60 Å². The van der Waals surface area contributed by atoms with Crippen LogP contribution in [0.3, 0.4) is 0 Å². The van der Waals surface area contributed by atoms with Crippen molar-refractivity contribution >= 4 is 24.2 Å². The Labute approximate surface area is 153 Å². The van der Waals surface area contributed by atoms with E-state index in [1.54, 1.807) is 4.68 Å². The Kier molecular flexibility index (Phi) is 4.71. The highest BCUT2D eigenvalue weighted by molar-refractivity contribution is 7.80. The SMILES string of the molecule is Cc1cc(Cl)ccc1CC1CCC(C)(C)C1(O)Cn1ncnc1S. The van der Waals surface area contributed by atoms with E-state index in [4.69, 9.17) is 11.6 Å². The third-order valence-electron chi connectivity index (χ3n) is 5.72. The molecule has 4 nitrogen and oxygen atoms in total. The van der Waals surface area contributed by atoms with Crippen molar-refractivity contribution < 1.29 is 5.11 Å². The van der Waals surface area contributed by atoms with Gasteiger partial charge in [-0.2, -0.15) is 5.10 Å². The van der Waals surface area contributed by atoms with Crippen LogP contribution in [0.15, 0.2) is 29.7 Å². The summed E-state index contributed by atoms with van der Waals surface area (Å²) in [4.78, 5) is 4.06. The van der Waals surface area contributed by atoms with Crippen LogP contribution < -0.4 is 0 Å². The van der Waals surface area contributed by atoms with E-state index in [-0.39, 0.29) is 11.3 Å². The number of nitrogens with zero attached hydrogens (tertiary/aromatic N) is 3. The number of aliphatic hydroxyl groups is 1. The molecule has 1 heterocycles. The summed E-state index contributed by atoms with van der Waals surface area (Å²) in [6.45, 7) is 6.76. The summed E-state index contributed by atoms with van der Waals surface area (Å²) in [5, 5.41) is 17.1. The second kappa shape index (κ2) is 6.36. The van der Waals surface area contributed by atoms with Crippen molar-refractivity contribution in [2.45, 2.75) is 57.3 Å². The van der Waals surface area contributed by atoms with Gasteiger partial charge in [0.2, 0.25) is 0 Å². The largest absolute Gasteiger partial charge is 0.387 e. The van der Waals surface area contributed by atoms with Crippen molar-refractivity contribution in [3.63, 3.8) is 0 Å². The van der Waals surface area contributed by atoms with Gasteiger partial charge in [-0.3, -0.25) is 0 Å². The van der Waals surface area contributed by atoms with E-state index in [1.807, 2.05) is 12.1 Å². The van der Waals surface area contributed by atoms with Gasteiger partial charge in [0.25, 0.3) is 0 Å². The summed E-state index contributed by atoms with van der Waals surface area (Å²) in [7, 11) is 0. The van der Waals surface area contributed by atoms with E-state index in [2.05, 4.69) is 49.5 Å². The standard InChI is InChI=1S/C18H24ClN3OS/c1-12-8-15(19)5-4-13(12)9-14-6-7-17(2,3)18(14,23)10-22-16(24)20-11-21-22/h4-5,8,11,14,23H,6-7,9-10H2,1-3H3,(H,20,21,24). The van der Waals surface area contributed by atoms with E-state index in [9.17, 15) is 5.11 Å². The maximum absolute atomic E-state index is 11.6. The molecule has 6 heteroatoms. The summed E-state index contributed by atoms with van der Waals surface area (Å²) in [6.07, 6.45) is 4.28. The maximum atomic E-state index is 11.6. The number of halogens is 1. The van der Waals surface area contributed by atoms with Crippen LogP contribution in [-0.4, -0.2) is 25.5 Å². The minimum atomic E-state index is -0.857. The first-order valence-corrected chi connectivity index (χ1v) is 9.10. The van der Waals surface area contributed by atoms with Gasteiger partial charge < -0.3 is 5.11 Å². The lowest BCUT2D eigenvalue weighted by atomic mass is 9.72. The maximum Gasteiger partial charge on any atom is 0.183 e. The molecular weight excluding hydrogens is 342 g/mol. The fourth-order valence-electron chi connectivity index (χ4n) is 3.91. The molecule has 1 aliphatic rings. The molecule has 1 saturated carbocycles. The van der Waals surface area contributed by atoms with Gasteiger partial charge in [0, 0.05) is 5.02 Å². The average molecular weight is 366 g/mol. The molecule has 1 aromatic heterocycles. The van der Waals surface area contributed by atoms with Gasteiger partial charge in [-0.05, 0) is 60.8 Å². The molecule has 1 aromatic carbocycles. The molecule has 0 amide bonds. The first-order chi connectivity index (χ1) is 11.2. The Hall–Kier alpha value is -1.04. The number of rotatable bonds is 4. The van der Waals surface area contributed by atoms with Gasteiger partial charge >= 0.3 is 0 Å². The van der Waals surface area contributed by atoms with Crippen LogP contribution >= 0.6 is 24.2 Å². The first-order valence-electron chi connectivity index (χ1n) is 8.27. The minimum absolute atomic E-state index is 0.157. The first kappa shape index (κ1) is 17.8. The van der Waals surface area contributed by atoms with E-state index in [0.29, 0.717) is 11.7 Å². The number of aryl methyl sites for hydroxylation is 1. The van der Waals surface area contributed by atoms with Crippen molar-refractivity contribution in [3.8, 4) is 0 Å². The van der Waals surface area contributed by atoms with Crippen LogP contribution in [0.2, 0.25) is 5.02 Å². The van der Waals surface area contributed by atoms with Crippen LogP contribution in [0.5, 0.6) is 0 Å². The Morgan fingerprint density at radius 3 is 2.79 bits per heavy atom. The quantitative estimate of drug-likeness (QED) is 0.807. The lowest BCUT2D eigenvalue weighted by Crippen LogP contribution is -2.49. The highest BCUT2D eigenvalue weighted by atomic mass is 35.5. The second-order valence-corrected chi connectivity index (χ2v) is 8.37. The molecule has 130 valence electrons. The molecule has 2 unspecified atom stereocenters. The van der Waals surface area contributed by atoms with Crippen molar-refractivity contribution in [3.05, 3.63) is 40.7 Å². The predicted molar refractivity (Wildman–Crippen MR) is 98.6 cm³/mol. The summed E-state index contributed by atoms with van der Waals surface area (Å²) < 4.78 is 1.69. The van der Waals surface area contributed by atoms with E-state index in [0.717, 1.165) is 24.3 Å². The molecular formula is C18H24ClN3OS. The van der Waals surface area contributed by atoms with Gasteiger partial charge in [-0.15, -0.1) is 12.6 Å². The normalized spacial score (nSPS) is 26.0. The molecule has 24 heavy (non-hydrogen) atoms. The highest BCUT2D eigenvalue weighted by Gasteiger charge is 2.54. The topological polar surface area (TPSA) is 50.9 Å². The van der Waals surface area contributed by atoms with Gasteiger partial charge in [0.15, 0.2) is 5.16 Å². The van der Waals surface area contributed by atoms with Crippen LogP contribution in [-0.2, 0) is 13.0 Å². The van der Waals surface area contributed by atoms with E-state index in [1.165, 1.54) is 17.5 Å². The Morgan fingerprint density at radius 2 is 2.17 bits per heavy atom. The molecule has 2 aromatic rings. The number of hydrogen-bond donors (Lipinski definition) is 2. The van der Waals surface area contributed by atoms with Gasteiger partial charge in [-0.1, -0.05) is 31.5 Å².